The zero-order valence-corrected chi connectivity index (χ0v) is 10.3. The van der Waals surface area contributed by atoms with Gasteiger partial charge in [-0.15, -0.1) is 0 Å². The lowest BCUT2D eigenvalue weighted by atomic mass is 10.1. The molecule has 0 saturated heterocycles. The Labute approximate surface area is 106 Å². The molecule has 0 aromatic heterocycles. The molecule has 0 aliphatic rings. The number of benzene rings is 2. The Bertz CT molecular complexity index is 513. The van der Waals surface area contributed by atoms with Gasteiger partial charge in [0.2, 0.25) is 0 Å². The van der Waals surface area contributed by atoms with E-state index in [1.807, 2.05) is 19.2 Å². The van der Waals surface area contributed by atoms with Crippen LogP contribution in [-0.4, -0.2) is 7.05 Å². The third kappa shape index (κ3) is 3.57. The zero-order chi connectivity index (χ0) is 12.8. The van der Waals surface area contributed by atoms with Gasteiger partial charge in [-0.1, -0.05) is 30.3 Å². The van der Waals surface area contributed by atoms with Gasteiger partial charge in [-0.2, -0.15) is 0 Å². The van der Waals surface area contributed by atoms with Crippen LogP contribution in [0.25, 0.3) is 0 Å². The Balaban J connectivity index is 1.99. The largest absolute Gasteiger partial charge is 0.489 e. The first-order valence-electron chi connectivity index (χ1n) is 5.89. The molecule has 1 N–H and O–H groups in total. The quantitative estimate of drug-likeness (QED) is 0.873. The molecule has 0 radical (unpaired) electrons. The third-order valence-corrected chi connectivity index (χ3v) is 2.57. The Morgan fingerprint density at radius 2 is 1.83 bits per heavy atom. The predicted octanol–water partition coefficient (Wildman–Crippen LogP) is 3.12. The van der Waals surface area contributed by atoms with Crippen molar-refractivity contribution in [3.63, 3.8) is 0 Å². The maximum absolute atomic E-state index is 13.0. The maximum atomic E-state index is 13.0. The maximum Gasteiger partial charge on any atom is 0.126 e. The molecule has 2 rings (SSSR count). The summed E-state index contributed by atoms with van der Waals surface area (Å²) in [5.41, 5.74) is 2.28. The molecule has 0 unspecified atom stereocenters. The van der Waals surface area contributed by atoms with Crippen LogP contribution < -0.4 is 10.1 Å². The Hall–Kier alpha value is -1.87. The van der Waals surface area contributed by atoms with Gasteiger partial charge in [-0.25, -0.2) is 4.39 Å². The average Bonchev–Trinajstić information content (AvgIpc) is 2.37. The van der Waals surface area contributed by atoms with Crippen molar-refractivity contribution in [2.24, 2.45) is 0 Å². The van der Waals surface area contributed by atoms with Crippen molar-refractivity contribution in [2.45, 2.75) is 13.2 Å². The molecule has 0 bridgehead atoms. The first-order valence-corrected chi connectivity index (χ1v) is 5.89. The van der Waals surface area contributed by atoms with E-state index < -0.39 is 0 Å². The molecule has 2 aromatic carbocycles. The summed E-state index contributed by atoms with van der Waals surface area (Å²) in [6.45, 7) is 1.27. The lowest BCUT2D eigenvalue weighted by Gasteiger charge is -2.08. The summed E-state index contributed by atoms with van der Waals surface area (Å²) in [5.74, 6) is 0.269. The Morgan fingerprint density at radius 1 is 1.06 bits per heavy atom. The highest BCUT2D eigenvalue weighted by molar-refractivity contribution is 5.25. The standard InChI is InChI=1S/C15H16FNO/c1-17-10-12-4-2-5-13(8-12)11-18-15-7-3-6-14(16)9-15/h2-9,17H,10-11H2,1H3. The monoisotopic (exact) mass is 245 g/mol. The van der Waals surface area contributed by atoms with E-state index in [1.54, 1.807) is 12.1 Å². The summed E-state index contributed by atoms with van der Waals surface area (Å²) in [6.07, 6.45) is 0. The van der Waals surface area contributed by atoms with Crippen LogP contribution in [0.4, 0.5) is 4.39 Å². The van der Waals surface area contributed by atoms with Gasteiger partial charge < -0.3 is 10.1 Å². The molecule has 3 heteroatoms. The van der Waals surface area contributed by atoms with Crippen molar-refractivity contribution >= 4 is 0 Å². The molecule has 0 amide bonds. The molecule has 2 aromatic rings. The fraction of sp³-hybridized carbons (Fsp3) is 0.200. The van der Waals surface area contributed by atoms with Gasteiger partial charge >= 0.3 is 0 Å². The molecular formula is C15H16FNO. The summed E-state index contributed by atoms with van der Waals surface area (Å²) in [6, 6.07) is 14.3. The van der Waals surface area contributed by atoms with Crippen molar-refractivity contribution in [2.75, 3.05) is 7.05 Å². The van der Waals surface area contributed by atoms with Gasteiger partial charge in [0.05, 0.1) is 0 Å². The highest BCUT2D eigenvalue weighted by Crippen LogP contribution is 2.14. The van der Waals surface area contributed by atoms with Crippen LogP contribution in [0, 0.1) is 5.82 Å². The van der Waals surface area contributed by atoms with E-state index in [0.29, 0.717) is 12.4 Å². The average molecular weight is 245 g/mol. The molecule has 0 spiro atoms. The van der Waals surface area contributed by atoms with Crippen LogP contribution in [0.1, 0.15) is 11.1 Å². The zero-order valence-electron chi connectivity index (χ0n) is 10.3. The lowest BCUT2D eigenvalue weighted by Crippen LogP contribution is -2.05. The molecule has 0 saturated carbocycles. The third-order valence-electron chi connectivity index (χ3n) is 2.57. The minimum Gasteiger partial charge on any atom is -0.489 e. The fourth-order valence-corrected chi connectivity index (χ4v) is 1.76. The summed E-state index contributed by atoms with van der Waals surface area (Å²) in [4.78, 5) is 0. The second-order valence-electron chi connectivity index (χ2n) is 4.10. The molecule has 94 valence electrons. The van der Waals surface area contributed by atoms with Crippen molar-refractivity contribution in [3.05, 3.63) is 65.5 Å². The molecule has 0 heterocycles. The van der Waals surface area contributed by atoms with Gasteiger partial charge in [0, 0.05) is 12.6 Å². The minimum absolute atomic E-state index is 0.281. The number of hydrogen-bond donors (Lipinski definition) is 1. The summed E-state index contributed by atoms with van der Waals surface area (Å²) < 4.78 is 18.5. The molecule has 2 nitrogen and oxygen atoms in total. The first-order chi connectivity index (χ1) is 8.78. The number of hydrogen-bond acceptors (Lipinski definition) is 2. The van der Waals surface area contributed by atoms with Crippen molar-refractivity contribution < 1.29 is 9.13 Å². The van der Waals surface area contributed by atoms with Crippen LogP contribution in [0.15, 0.2) is 48.5 Å². The van der Waals surface area contributed by atoms with E-state index in [0.717, 1.165) is 12.1 Å². The molecule has 0 aliphatic heterocycles. The van der Waals surface area contributed by atoms with E-state index >= 15 is 0 Å². The molecule has 0 atom stereocenters. The smallest absolute Gasteiger partial charge is 0.126 e. The van der Waals surface area contributed by atoms with Gasteiger partial charge in [0.25, 0.3) is 0 Å². The fourth-order valence-electron chi connectivity index (χ4n) is 1.76. The summed E-state index contributed by atoms with van der Waals surface area (Å²) >= 11 is 0. The van der Waals surface area contributed by atoms with E-state index in [2.05, 4.69) is 17.4 Å². The lowest BCUT2D eigenvalue weighted by molar-refractivity contribution is 0.304. The van der Waals surface area contributed by atoms with Crippen molar-refractivity contribution in [1.29, 1.82) is 0 Å². The number of rotatable bonds is 5. The van der Waals surface area contributed by atoms with Gasteiger partial charge in [0.15, 0.2) is 0 Å². The summed E-state index contributed by atoms with van der Waals surface area (Å²) in [7, 11) is 1.91. The number of ether oxygens (including phenoxy) is 1. The van der Waals surface area contributed by atoms with E-state index in [9.17, 15) is 4.39 Å². The van der Waals surface area contributed by atoms with Crippen molar-refractivity contribution in [1.82, 2.24) is 5.32 Å². The van der Waals surface area contributed by atoms with Crippen LogP contribution in [0.3, 0.4) is 0 Å². The Morgan fingerprint density at radius 3 is 2.61 bits per heavy atom. The van der Waals surface area contributed by atoms with Crippen LogP contribution in [0.2, 0.25) is 0 Å². The second-order valence-corrected chi connectivity index (χ2v) is 4.10. The molecule has 18 heavy (non-hydrogen) atoms. The number of halogens is 1. The molecular weight excluding hydrogens is 229 g/mol. The molecule has 0 fully saturated rings. The van der Waals surface area contributed by atoms with Gasteiger partial charge in [-0.3, -0.25) is 0 Å². The van der Waals surface area contributed by atoms with E-state index in [4.69, 9.17) is 4.74 Å². The predicted molar refractivity (Wildman–Crippen MR) is 69.9 cm³/mol. The SMILES string of the molecule is CNCc1cccc(COc2cccc(F)c2)c1. The normalized spacial score (nSPS) is 10.3. The van der Waals surface area contributed by atoms with Crippen LogP contribution in [-0.2, 0) is 13.2 Å². The van der Waals surface area contributed by atoms with Crippen molar-refractivity contribution in [3.8, 4) is 5.75 Å². The van der Waals surface area contributed by atoms with E-state index in [-0.39, 0.29) is 5.82 Å². The highest BCUT2D eigenvalue weighted by Gasteiger charge is 1.99. The van der Waals surface area contributed by atoms with Crippen LogP contribution >= 0.6 is 0 Å². The molecule has 0 aliphatic carbocycles. The van der Waals surface area contributed by atoms with Gasteiger partial charge in [-0.05, 0) is 30.3 Å². The highest BCUT2D eigenvalue weighted by atomic mass is 19.1. The van der Waals surface area contributed by atoms with E-state index in [1.165, 1.54) is 17.7 Å². The Kier molecular flexibility index (Phi) is 4.31. The number of nitrogens with one attached hydrogen (secondary N) is 1. The van der Waals surface area contributed by atoms with Gasteiger partial charge in [0.1, 0.15) is 18.2 Å². The first kappa shape index (κ1) is 12.6. The summed E-state index contributed by atoms with van der Waals surface area (Å²) in [5, 5.41) is 3.10. The minimum atomic E-state index is -0.281. The second kappa shape index (κ2) is 6.17. The topological polar surface area (TPSA) is 21.3 Å². The van der Waals surface area contributed by atoms with Crippen LogP contribution in [0.5, 0.6) is 5.75 Å².